The molecule has 3 nitrogen and oxygen atoms in total. The van der Waals surface area contributed by atoms with Gasteiger partial charge in [-0.25, -0.2) is 0 Å². The fraction of sp³-hybridized carbons (Fsp3) is 0.294. The van der Waals surface area contributed by atoms with Crippen LogP contribution in [0.3, 0.4) is 0 Å². The number of aryl methyl sites for hydroxylation is 2. The van der Waals surface area contributed by atoms with Gasteiger partial charge in [0.15, 0.2) is 0 Å². The van der Waals surface area contributed by atoms with Gasteiger partial charge >= 0.3 is 0 Å². The standard InChI is InChI=1S/C17H18N2O/c1-13-9-14(11-18-10-13)12-19-8-4-6-15-5-2-3-7-16(15)17(19)20/h2-3,5,7,9-11H,4,6,8,12H2,1H3. The van der Waals surface area contributed by atoms with Crippen LogP contribution in [0.25, 0.3) is 0 Å². The summed E-state index contributed by atoms with van der Waals surface area (Å²) in [6.45, 7) is 3.47. The van der Waals surface area contributed by atoms with Gasteiger partial charge in [-0.15, -0.1) is 0 Å². The van der Waals surface area contributed by atoms with Crippen LogP contribution in [0, 0.1) is 6.92 Å². The fourth-order valence-electron chi connectivity index (χ4n) is 2.75. The number of fused-ring (bicyclic) bond motifs is 1. The molecule has 0 unspecified atom stereocenters. The van der Waals surface area contributed by atoms with E-state index in [4.69, 9.17) is 0 Å². The third-order valence-corrected chi connectivity index (χ3v) is 3.71. The Labute approximate surface area is 119 Å². The number of aromatic nitrogens is 1. The van der Waals surface area contributed by atoms with Crippen molar-refractivity contribution in [2.45, 2.75) is 26.3 Å². The minimum atomic E-state index is 0.139. The van der Waals surface area contributed by atoms with Crippen molar-refractivity contribution in [1.82, 2.24) is 9.88 Å². The van der Waals surface area contributed by atoms with Gasteiger partial charge in [-0.05, 0) is 42.5 Å². The average molecular weight is 266 g/mol. The summed E-state index contributed by atoms with van der Waals surface area (Å²) >= 11 is 0. The van der Waals surface area contributed by atoms with E-state index < -0.39 is 0 Å². The molecular formula is C17H18N2O. The first-order chi connectivity index (χ1) is 9.74. The summed E-state index contributed by atoms with van der Waals surface area (Å²) in [5.74, 6) is 0.139. The lowest BCUT2D eigenvalue weighted by atomic mass is 10.0. The van der Waals surface area contributed by atoms with Gasteiger partial charge in [-0.3, -0.25) is 9.78 Å². The first kappa shape index (κ1) is 12.9. The van der Waals surface area contributed by atoms with Gasteiger partial charge in [-0.2, -0.15) is 0 Å². The number of hydrogen-bond donors (Lipinski definition) is 0. The van der Waals surface area contributed by atoms with E-state index in [1.54, 1.807) is 0 Å². The van der Waals surface area contributed by atoms with Crippen molar-refractivity contribution in [2.75, 3.05) is 6.54 Å². The average Bonchev–Trinajstić information content (AvgIpc) is 2.60. The minimum Gasteiger partial charge on any atom is -0.334 e. The second-order valence-corrected chi connectivity index (χ2v) is 5.36. The largest absolute Gasteiger partial charge is 0.334 e. The predicted molar refractivity (Wildman–Crippen MR) is 78.5 cm³/mol. The first-order valence-electron chi connectivity index (χ1n) is 7.02. The molecule has 1 aromatic carbocycles. The van der Waals surface area contributed by atoms with Crippen LogP contribution in [-0.4, -0.2) is 22.3 Å². The maximum atomic E-state index is 12.6. The van der Waals surface area contributed by atoms with E-state index in [1.807, 2.05) is 42.4 Å². The van der Waals surface area contributed by atoms with E-state index in [1.165, 1.54) is 5.56 Å². The molecular weight excluding hydrogens is 248 g/mol. The topological polar surface area (TPSA) is 33.2 Å². The molecule has 1 amide bonds. The normalized spacial score (nSPS) is 14.8. The van der Waals surface area contributed by atoms with Crippen molar-refractivity contribution in [3.63, 3.8) is 0 Å². The number of carbonyl (C=O) groups excluding carboxylic acids is 1. The van der Waals surface area contributed by atoms with E-state index in [9.17, 15) is 4.79 Å². The van der Waals surface area contributed by atoms with Gasteiger partial charge < -0.3 is 4.90 Å². The number of hydrogen-bond acceptors (Lipinski definition) is 2. The van der Waals surface area contributed by atoms with Gasteiger partial charge in [0.05, 0.1) is 0 Å². The van der Waals surface area contributed by atoms with Gasteiger partial charge in [0, 0.05) is 31.0 Å². The van der Waals surface area contributed by atoms with Crippen molar-refractivity contribution in [3.8, 4) is 0 Å². The maximum absolute atomic E-state index is 12.6. The van der Waals surface area contributed by atoms with Crippen molar-refractivity contribution in [2.24, 2.45) is 0 Å². The molecule has 2 aromatic rings. The lowest BCUT2D eigenvalue weighted by molar-refractivity contribution is 0.0748. The van der Waals surface area contributed by atoms with E-state index in [0.717, 1.165) is 36.1 Å². The molecule has 3 rings (SSSR count). The lowest BCUT2D eigenvalue weighted by Crippen LogP contribution is -2.30. The Morgan fingerprint density at radius 2 is 2.10 bits per heavy atom. The molecule has 20 heavy (non-hydrogen) atoms. The number of amides is 1. The van der Waals surface area contributed by atoms with Crippen molar-refractivity contribution < 1.29 is 4.79 Å². The number of carbonyl (C=O) groups is 1. The monoisotopic (exact) mass is 266 g/mol. The molecule has 0 aliphatic carbocycles. The molecule has 0 fully saturated rings. The highest BCUT2D eigenvalue weighted by molar-refractivity contribution is 5.96. The smallest absolute Gasteiger partial charge is 0.254 e. The summed E-state index contributed by atoms with van der Waals surface area (Å²) in [5, 5.41) is 0. The zero-order chi connectivity index (χ0) is 13.9. The van der Waals surface area contributed by atoms with Crippen LogP contribution in [0.5, 0.6) is 0 Å². The Balaban J connectivity index is 1.86. The predicted octanol–water partition coefficient (Wildman–Crippen LogP) is 2.98. The van der Waals surface area contributed by atoms with Crippen LogP contribution in [0.4, 0.5) is 0 Å². The Kier molecular flexibility index (Phi) is 3.50. The minimum absolute atomic E-state index is 0.139. The van der Waals surface area contributed by atoms with Crippen molar-refractivity contribution >= 4 is 5.91 Å². The Morgan fingerprint density at radius 3 is 2.95 bits per heavy atom. The number of pyridine rings is 1. The van der Waals surface area contributed by atoms with Crippen LogP contribution in [0.1, 0.15) is 33.5 Å². The molecule has 0 saturated heterocycles. The molecule has 0 saturated carbocycles. The van der Waals surface area contributed by atoms with Gasteiger partial charge in [0.2, 0.25) is 0 Å². The summed E-state index contributed by atoms with van der Waals surface area (Å²) in [6, 6.07) is 10.0. The van der Waals surface area contributed by atoms with Crippen LogP contribution in [0.15, 0.2) is 42.7 Å². The second-order valence-electron chi connectivity index (χ2n) is 5.36. The van der Waals surface area contributed by atoms with E-state index >= 15 is 0 Å². The summed E-state index contributed by atoms with van der Waals surface area (Å²) in [5.41, 5.74) is 4.25. The van der Waals surface area contributed by atoms with Gasteiger partial charge in [-0.1, -0.05) is 24.3 Å². The molecule has 102 valence electrons. The molecule has 2 heterocycles. The lowest BCUT2D eigenvalue weighted by Gasteiger charge is -2.21. The highest BCUT2D eigenvalue weighted by atomic mass is 16.2. The Morgan fingerprint density at radius 1 is 1.25 bits per heavy atom. The molecule has 0 spiro atoms. The quantitative estimate of drug-likeness (QED) is 0.837. The molecule has 0 radical (unpaired) electrons. The Bertz CT molecular complexity index is 636. The van der Waals surface area contributed by atoms with E-state index in [0.29, 0.717) is 6.54 Å². The maximum Gasteiger partial charge on any atom is 0.254 e. The van der Waals surface area contributed by atoms with Crippen LogP contribution in [-0.2, 0) is 13.0 Å². The summed E-state index contributed by atoms with van der Waals surface area (Å²) in [7, 11) is 0. The zero-order valence-corrected chi connectivity index (χ0v) is 11.7. The Hall–Kier alpha value is -2.16. The second kappa shape index (κ2) is 5.45. The third-order valence-electron chi connectivity index (χ3n) is 3.71. The highest BCUT2D eigenvalue weighted by Crippen LogP contribution is 2.20. The van der Waals surface area contributed by atoms with E-state index in [-0.39, 0.29) is 5.91 Å². The zero-order valence-electron chi connectivity index (χ0n) is 11.7. The molecule has 1 aliphatic rings. The SMILES string of the molecule is Cc1cncc(CN2CCCc3ccccc3C2=O)c1. The van der Waals surface area contributed by atoms with Crippen molar-refractivity contribution in [1.29, 1.82) is 0 Å². The number of nitrogens with zero attached hydrogens (tertiary/aromatic N) is 2. The first-order valence-corrected chi connectivity index (χ1v) is 7.02. The number of rotatable bonds is 2. The molecule has 0 N–H and O–H groups in total. The molecule has 0 atom stereocenters. The van der Waals surface area contributed by atoms with E-state index in [2.05, 4.69) is 17.1 Å². The summed E-state index contributed by atoms with van der Waals surface area (Å²) in [6.07, 6.45) is 5.67. The molecule has 3 heteroatoms. The molecule has 1 aromatic heterocycles. The van der Waals surface area contributed by atoms with Crippen molar-refractivity contribution in [3.05, 3.63) is 65.0 Å². The van der Waals surface area contributed by atoms with Crippen LogP contribution < -0.4 is 0 Å². The fourth-order valence-corrected chi connectivity index (χ4v) is 2.75. The third kappa shape index (κ3) is 2.57. The summed E-state index contributed by atoms with van der Waals surface area (Å²) < 4.78 is 0. The van der Waals surface area contributed by atoms with Gasteiger partial charge in [0.25, 0.3) is 5.91 Å². The van der Waals surface area contributed by atoms with Crippen LogP contribution >= 0.6 is 0 Å². The number of benzene rings is 1. The molecule has 1 aliphatic heterocycles. The van der Waals surface area contributed by atoms with Crippen LogP contribution in [0.2, 0.25) is 0 Å². The molecule has 0 bridgehead atoms. The highest BCUT2D eigenvalue weighted by Gasteiger charge is 2.21. The van der Waals surface area contributed by atoms with Gasteiger partial charge in [0.1, 0.15) is 0 Å². The summed E-state index contributed by atoms with van der Waals surface area (Å²) in [4.78, 5) is 18.8.